The van der Waals surface area contributed by atoms with Crippen molar-refractivity contribution in [1.82, 2.24) is 10.2 Å². The molecule has 1 aliphatic heterocycles. The van der Waals surface area contributed by atoms with Gasteiger partial charge in [0.2, 0.25) is 0 Å². The van der Waals surface area contributed by atoms with Crippen LogP contribution < -0.4 is 5.32 Å². The number of hydrogen-bond donors (Lipinski definition) is 2. The summed E-state index contributed by atoms with van der Waals surface area (Å²) in [5, 5.41) is 13.1. The number of ether oxygens (including phenoxy) is 2. The van der Waals surface area contributed by atoms with Crippen LogP contribution in [0.3, 0.4) is 0 Å². The second-order valence-corrected chi connectivity index (χ2v) is 5.00. The van der Waals surface area contributed by atoms with Crippen molar-refractivity contribution in [3.8, 4) is 0 Å². The average Bonchev–Trinajstić information content (AvgIpc) is 2.35. The summed E-state index contributed by atoms with van der Waals surface area (Å²) >= 11 is 0. The van der Waals surface area contributed by atoms with Crippen molar-refractivity contribution in [2.45, 2.75) is 32.0 Å². The number of aliphatic hydroxyl groups excluding tert-OH is 1. The summed E-state index contributed by atoms with van der Waals surface area (Å²) in [6.07, 6.45) is 2.01. The first-order valence-electron chi connectivity index (χ1n) is 6.99. The Morgan fingerprint density at radius 1 is 1.56 bits per heavy atom. The Morgan fingerprint density at radius 3 is 3.06 bits per heavy atom. The van der Waals surface area contributed by atoms with Gasteiger partial charge in [-0.3, -0.25) is 0 Å². The minimum Gasteiger partial charge on any atom is -0.389 e. The number of nitrogens with one attached hydrogen (secondary N) is 1. The van der Waals surface area contributed by atoms with Gasteiger partial charge in [-0.2, -0.15) is 0 Å². The van der Waals surface area contributed by atoms with Gasteiger partial charge in [0.05, 0.1) is 25.4 Å². The van der Waals surface area contributed by atoms with E-state index < -0.39 is 6.10 Å². The first kappa shape index (κ1) is 15.9. The Hall–Kier alpha value is -0.200. The molecule has 5 nitrogen and oxygen atoms in total. The van der Waals surface area contributed by atoms with E-state index in [1.807, 2.05) is 7.05 Å². The molecule has 1 aliphatic rings. The molecule has 0 radical (unpaired) electrons. The average molecular weight is 260 g/mol. The van der Waals surface area contributed by atoms with Crippen molar-refractivity contribution in [2.75, 3.05) is 53.0 Å². The van der Waals surface area contributed by atoms with E-state index in [9.17, 15) is 5.11 Å². The molecule has 0 aromatic rings. The maximum Gasteiger partial charge on any atom is 0.0900 e. The Labute approximate surface area is 110 Å². The summed E-state index contributed by atoms with van der Waals surface area (Å²) in [6, 6.07) is 0. The highest BCUT2D eigenvalue weighted by Gasteiger charge is 2.17. The van der Waals surface area contributed by atoms with Crippen LogP contribution in [-0.2, 0) is 9.47 Å². The molecule has 1 heterocycles. The van der Waals surface area contributed by atoms with Gasteiger partial charge in [0.25, 0.3) is 0 Å². The maximum atomic E-state index is 9.83. The zero-order valence-electron chi connectivity index (χ0n) is 11.7. The monoisotopic (exact) mass is 260 g/mol. The van der Waals surface area contributed by atoms with E-state index in [2.05, 4.69) is 17.1 Å². The molecule has 5 heteroatoms. The van der Waals surface area contributed by atoms with Crippen molar-refractivity contribution in [3.63, 3.8) is 0 Å². The molecule has 2 atom stereocenters. The van der Waals surface area contributed by atoms with Crippen molar-refractivity contribution in [2.24, 2.45) is 0 Å². The number of hydrogen-bond acceptors (Lipinski definition) is 5. The Balaban J connectivity index is 2.04. The lowest BCUT2D eigenvalue weighted by Gasteiger charge is -2.29. The number of likely N-dealkylation sites (N-methyl/N-ethyl adjacent to an activating group) is 1. The quantitative estimate of drug-likeness (QED) is 0.575. The molecule has 1 saturated heterocycles. The Kier molecular flexibility index (Phi) is 8.54. The van der Waals surface area contributed by atoms with Gasteiger partial charge >= 0.3 is 0 Å². The molecule has 0 bridgehead atoms. The van der Waals surface area contributed by atoms with Gasteiger partial charge in [-0.05, 0) is 13.5 Å². The third-order valence-corrected chi connectivity index (χ3v) is 2.99. The fourth-order valence-electron chi connectivity index (χ4n) is 2.04. The summed E-state index contributed by atoms with van der Waals surface area (Å²) < 4.78 is 11.0. The first-order valence-corrected chi connectivity index (χ1v) is 6.99. The van der Waals surface area contributed by atoms with Gasteiger partial charge in [-0.1, -0.05) is 13.3 Å². The zero-order valence-corrected chi connectivity index (χ0v) is 11.7. The van der Waals surface area contributed by atoms with Crippen LogP contribution in [0.1, 0.15) is 19.8 Å². The molecule has 2 N–H and O–H groups in total. The summed E-state index contributed by atoms with van der Waals surface area (Å²) in [5.41, 5.74) is 0. The van der Waals surface area contributed by atoms with Crippen molar-refractivity contribution in [3.05, 3.63) is 0 Å². The molecule has 0 aromatic heterocycles. The highest BCUT2D eigenvalue weighted by atomic mass is 16.5. The molecule has 0 aromatic carbocycles. The van der Waals surface area contributed by atoms with Crippen LogP contribution in [0.5, 0.6) is 0 Å². The topological polar surface area (TPSA) is 54.0 Å². The van der Waals surface area contributed by atoms with Crippen LogP contribution in [-0.4, -0.2) is 75.3 Å². The van der Waals surface area contributed by atoms with Crippen LogP contribution in [0.25, 0.3) is 0 Å². The Morgan fingerprint density at radius 2 is 2.39 bits per heavy atom. The normalized spacial score (nSPS) is 22.3. The number of nitrogens with zero attached hydrogens (tertiary/aromatic N) is 1. The molecule has 1 rings (SSSR count). The third kappa shape index (κ3) is 7.28. The van der Waals surface area contributed by atoms with Crippen LogP contribution in [0.4, 0.5) is 0 Å². The van der Waals surface area contributed by atoms with Crippen LogP contribution in [0.15, 0.2) is 0 Å². The van der Waals surface area contributed by atoms with Gasteiger partial charge in [-0.25, -0.2) is 0 Å². The third-order valence-electron chi connectivity index (χ3n) is 2.99. The van der Waals surface area contributed by atoms with E-state index in [4.69, 9.17) is 9.47 Å². The minimum atomic E-state index is -0.414. The molecule has 108 valence electrons. The number of rotatable bonds is 9. The smallest absolute Gasteiger partial charge is 0.0900 e. The molecule has 2 unspecified atom stereocenters. The second-order valence-electron chi connectivity index (χ2n) is 5.00. The standard InChI is InChI=1S/C13H28N2O3/c1-3-4-6-17-11-12(16)9-15(2)10-13-8-14-5-7-18-13/h12-14,16H,3-11H2,1-2H3. The van der Waals surface area contributed by atoms with Crippen LogP contribution in [0, 0.1) is 0 Å². The van der Waals surface area contributed by atoms with E-state index in [0.717, 1.165) is 45.7 Å². The second kappa shape index (κ2) is 9.69. The lowest BCUT2D eigenvalue weighted by atomic mass is 10.2. The number of unbranched alkanes of at least 4 members (excludes halogenated alkanes) is 1. The van der Waals surface area contributed by atoms with Crippen LogP contribution in [0.2, 0.25) is 0 Å². The highest BCUT2D eigenvalue weighted by molar-refractivity contribution is 4.72. The molecule has 0 spiro atoms. The summed E-state index contributed by atoms with van der Waals surface area (Å²) in [7, 11) is 2.01. The fraction of sp³-hybridized carbons (Fsp3) is 1.00. The summed E-state index contributed by atoms with van der Waals surface area (Å²) in [4.78, 5) is 2.10. The summed E-state index contributed by atoms with van der Waals surface area (Å²) in [6.45, 7) is 7.39. The van der Waals surface area contributed by atoms with E-state index in [1.165, 1.54) is 0 Å². The minimum absolute atomic E-state index is 0.233. The highest BCUT2D eigenvalue weighted by Crippen LogP contribution is 2.00. The maximum absolute atomic E-state index is 9.83. The number of morpholine rings is 1. The molecule has 0 amide bonds. The SMILES string of the molecule is CCCCOCC(O)CN(C)CC1CNCCO1. The first-order chi connectivity index (χ1) is 8.72. The largest absolute Gasteiger partial charge is 0.389 e. The molecule has 18 heavy (non-hydrogen) atoms. The van der Waals surface area contributed by atoms with E-state index in [0.29, 0.717) is 13.2 Å². The van der Waals surface area contributed by atoms with Crippen LogP contribution >= 0.6 is 0 Å². The van der Waals surface area contributed by atoms with Gasteiger partial charge in [0.15, 0.2) is 0 Å². The molecular formula is C13H28N2O3. The summed E-state index contributed by atoms with van der Waals surface area (Å²) in [5.74, 6) is 0. The molecule has 1 fully saturated rings. The van der Waals surface area contributed by atoms with Gasteiger partial charge in [-0.15, -0.1) is 0 Å². The van der Waals surface area contributed by atoms with Gasteiger partial charge < -0.3 is 24.8 Å². The molecule has 0 aliphatic carbocycles. The van der Waals surface area contributed by atoms with Crippen molar-refractivity contribution >= 4 is 0 Å². The zero-order chi connectivity index (χ0) is 13.2. The van der Waals surface area contributed by atoms with Crippen molar-refractivity contribution in [1.29, 1.82) is 0 Å². The van der Waals surface area contributed by atoms with Crippen molar-refractivity contribution < 1.29 is 14.6 Å². The van der Waals surface area contributed by atoms with E-state index in [-0.39, 0.29) is 6.10 Å². The number of aliphatic hydroxyl groups is 1. The van der Waals surface area contributed by atoms with Gasteiger partial charge in [0.1, 0.15) is 0 Å². The molecular weight excluding hydrogens is 232 g/mol. The Bertz CT molecular complexity index is 199. The molecule has 0 saturated carbocycles. The van der Waals surface area contributed by atoms with E-state index in [1.54, 1.807) is 0 Å². The fourth-order valence-corrected chi connectivity index (χ4v) is 2.04. The lowest BCUT2D eigenvalue weighted by Crippen LogP contribution is -2.46. The predicted octanol–water partition coefficient (Wildman–Crippen LogP) is 0.0842. The van der Waals surface area contributed by atoms with E-state index >= 15 is 0 Å². The lowest BCUT2D eigenvalue weighted by molar-refractivity contribution is -0.0115. The van der Waals surface area contributed by atoms with Gasteiger partial charge in [0, 0.05) is 32.8 Å². The predicted molar refractivity (Wildman–Crippen MR) is 71.8 cm³/mol.